The summed E-state index contributed by atoms with van der Waals surface area (Å²) in [5, 5.41) is 0. The second-order valence-corrected chi connectivity index (χ2v) is 7.82. The Labute approximate surface area is 288 Å². The Morgan fingerprint density at radius 3 is 0.353 bits per heavy atom. The Balaban J connectivity index is -0.0000000154. The quantitative estimate of drug-likeness (QED) is 0.186. The molecule has 10 heteroatoms. The van der Waals surface area contributed by atoms with Crippen molar-refractivity contribution in [3.8, 4) is 0 Å². The van der Waals surface area contributed by atoms with Crippen molar-refractivity contribution in [2.24, 2.45) is 0 Å². The van der Waals surface area contributed by atoms with Crippen molar-refractivity contribution in [3.63, 3.8) is 0 Å². The Bertz CT molecular complexity index is 189. The molecule has 0 aliphatic carbocycles. The van der Waals surface area contributed by atoms with Gasteiger partial charge in [-0.05, 0) is 84.6 Å². The Hall–Kier alpha value is 2.79. The molecule has 0 saturated heterocycles. The van der Waals surface area contributed by atoms with E-state index in [9.17, 15) is 0 Å². The topological polar surface area (TPSA) is 19.4 Å². The van der Waals surface area contributed by atoms with E-state index in [4.69, 9.17) is 0 Å². The first kappa shape index (κ1) is 83.3. The van der Waals surface area contributed by atoms with E-state index in [0.717, 1.165) is 39.3 Å². The molecule has 6 nitrogen and oxygen atoms in total. The van der Waals surface area contributed by atoms with Crippen LogP contribution in [0.4, 0.5) is 0 Å². The fourth-order valence-corrected chi connectivity index (χ4v) is 1.20. The number of hydrogen-bond acceptors (Lipinski definition) is 6. The fourth-order valence-electron chi connectivity index (χ4n) is 1.20. The van der Waals surface area contributed by atoms with Crippen LogP contribution < -0.4 is 56.6 Å². The molecule has 0 rings (SSSR count). The summed E-state index contributed by atoms with van der Waals surface area (Å²) < 4.78 is 0. The molecule has 0 fully saturated rings. The maximum absolute atomic E-state index is 2.18. The average molecular weight is 629 g/mol. The molecule has 0 aliphatic heterocycles. The van der Waals surface area contributed by atoms with Gasteiger partial charge in [-0.25, -0.2) is 0 Å². The van der Waals surface area contributed by atoms with E-state index >= 15 is 0 Å². The Morgan fingerprint density at radius 2 is 0.324 bits per heavy atom. The standard InChI is InChI=1S/3C6H16N2.6CH3.3Li.Tm/c3*1-7(2)5-6-8(3)4;;;;;;;;;;/h3*5-6H2,1-4H3;6*1H3;;;;/q;;;6*-1;3*+1;+3. The maximum atomic E-state index is 2.18. The summed E-state index contributed by atoms with van der Waals surface area (Å²) in [6.07, 6.45) is 0. The van der Waals surface area contributed by atoms with Crippen LogP contribution in [-0.4, -0.2) is 153 Å². The van der Waals surface area contributed by atoms with Crippen molar-refractivity contribution in [1.29, 1.82) is 0 Å². The van der Waals surface area contributed by atoms with Crippen LogP contribution >= 0.6 is 0 Å². The minimum Gasteiger partial charge on any atom is -0.358 e. The minimum absolute atomic E-state index is 0. The third-order valence-corrected chi connectivity index (χ3v) is 2.98. The first-order chi connectivity index (χ1) is 10.9. The Morgan fingerprint density at radius 1 is 0.265 bits per heavy atom. The van der Waals surface area contributed by atoms with E-state index in [1.54, 1.807) is 0 Å². The van der Waals surface area contributed by atoms with Gasteiger partial charge in [0.2, 0.25) is 0 Å². The zero-order chi connectivity index (χ0) is 19.7. The molecular weight excluding hydrogens is 562 g/mol. The van der Waals surface area contributed by atoms with Crippen LogP contribution in [0.1, 0.15) is 0 Å². The van der Waals surface area contributed by atoms with Crippen molar-refractivity contribution in [3.05, 3.63) is 44.6 Å². The van der Waals surface area contributed by atoms with Crippen LogP contribution in [0.2, 0.25) is 0 Å². The summed E-state index contributed by atoms with van der Waals surface area (Å²) in [7, 11) is 25.0. The van der Waals surface area contributed by atoms with Crippen LogP contribution in [0.15, 0.2) is 0 Å². The average Bonchev–Trinajstić information content (AvgIpc) is 2.42. The summed E-state index contributed by atoms with van der Waals surface area (Å²) >= 11 is 0. The van der Waals surface area contributed by atoms with E-state index in [-0.39, 0.29) is 138 Å². The second-order valence-electron chi connectivity index (χ2n) is 7.82. The molecule has 0 aromatic heterocycles. The largest absolute Gasteiger partial charge is 3.00 e. The molecule has 0 heterocycles. The molecule has 0 atom stereocenters. The molecule has 208 valence electrons. The number of nitrogens with zero attached hydrogens (tertiary/aromatic N) is 6. The number of rotatable bonds is 9. The maximum Gasteiger partial charge on any atom is 3.00 e. The summed E-state index contributed by atoms with van der Waals surface area (Å²) in [6, 6.07) is 0. The second kappa shape index (κ2) is 60.4. The number of hydrogen-bond donors (Lipinski definition) is 0. The van der Waals surface area contributed by atoms with Crippen molar-refractivity contribution < 1.29 is 93.5 Å². The van der Waals surface area contributed by atoms with Gasteiger partial charge in [0, 0.05) is 39.3 Å². The van der Waals surface area contributed by atoms with Crippen LogP contribution in [0.3, 0.4) is 0 Å². The van der Waals surface area contributed by atoms with Gasteiger partial charge >= 0.3 is 93.5 Å². The summed E-state index contributed by atoms with van der Waals surface area (Å²) in [6.45, 7) is 6.88. The number of likely N-dealkylation sites (N-methyl/N-ethyl adjacent to an activating group) is 6. The van der Waals surface area contributed by atoms with Crippen molar-refractivity contribution >= 4 is 0 Å². The predicted octanol–water partition coefficient (Wildman–Crippen LogP) is -5.96. The van der Waals surface area contributed by atoms with E-state index in [1.807, 2.05) is 0 Å². The summed E-state index contributed by atoms with van der Waals surface area (Å²) in [5.74, 6) is 0. The van der Waals surface area contributed by atoms with Crippen LogP contribution in [0.5, 0.6) is 0 Å². The van der Waals surface area contributed by atoms with Gasteiger partial charge in [-0.3, -0.25) is 0 Å². The van der Waals surface area contributed by atoms with Gasteiger partial charge in [-0.1, -0.05) is 0 Å². The molecule has 0 radical (unpaired) electrons. The molecule has 0 aromatic carbocycles. The van der Waals surface area contributed by atoms with Crippen molar-refractivity contribution in [1.82, 2.24) is 29.4 Å². The molecule has 0 unspecified atom stereocenters. The fraction of sp³-hybridized carbons (Fsp3) is 0.750. The molecule has 0 spiro atoms. The van der Waals surface area contributed by atoms with E-state index < -0.39 is 0 Å². The van der Waals surface area contributed by atoms with E-state index in [1.165, 1.54) is 0 Å². The van der Waals surface area contributed by atoms with Crippen LogP contribution in [-0.2, 0) is 0 Å². The summed E-state index contributed by atoms with van der Waals surface area (Å²) in [5.41, 5.74) is 0. The van der Waals surface area contributed by atoms with Gasteiger partial charge in [-0.15, -0.1) is 0 Å². The molecule has 0 saturated carbocycles. The van der Waals surface area contributed by atoms with E-state index in [2.05, 4.69) is 114 Å². The first-order valence-corrected chi connectivity index (χ1v) is 8.76. The van der Waals surface area contributed by atoms with Crippen molar-refractivity contribution in [2.75, 3.05) is 124 Å². The van der Waals surface area contributed by atoms with Gasteiger partial charge in [0.1, 0.15) is 0 Å². The molecule has 0 bridgehead atoms. The SMILES string of the molecule is CN(C)CCN(C)C.CN(C)CCN(C)C.CN(C)CCN(C)C.[CH3-].[CH3-].[CH3-].[CH3-].[CH3-].[CH3-].[Li+].[Li+].[Li+].[Tm+3]. The zero-order valence-corrected chi connectivity index (χ0v) is 30.0. The first-order valence-electron chi connectivity index (χ1n) is 8.76. The summed E-state index contributed by atoms with van der Waals surface area (Å²) in [4.78, 5) is 13.1. The molecule has 0 amide bonds. The normalized spacial score (nSPS) is 7.94. The van der Waals surface area contributed by atoms with E-state index in [0.29, 0.717) is 0 Å². The van der Waals surface area contributed by atoms with Gasteiger partial charge in [0.15, 0.2) is 0 Å². The molecule has 0 aromatic rings. The Kier molecular flexibility index (Phi) is 148. The molecule has 0 aliphatic rings. The third-order valence-electron chi connectivity index (χ3n) is 2.98. The minimum atomic E-state index is 0. The monoisotopic (exact) mass is 629 g/mol. The van der Waals surface area contributed by atoms with Crippen molar-refractivity contribution in [2.45, 2.75) is 0 Å². The van der Waals surface area contributed by atoms with Gasteiger partial charge < -0.3 is 74.0 Å². The smallest absolute Gasteiger partial charge is 0.358 e. The predicted molar refractivity (Wildman–Crippen MR) is 150 cm³/mol. The van der Waals surface area contributed by atoms with Gasteiger partial charge in [0.25, 0.3) is 0 Å². The molecular formula is C24H66Li3N6Tm. The van der Waals surface area contributed by atoms with Crippen LogP contribution in [0, 0.1) is 81.4 Å². The zero-order valence-electron chi connectivity index (χ0n) is 28.2. The molecule has 0 N–H and O–H groups in total. The van der Waals surface area contributed by atoms with Gasteiger partial charge in [0.05, 0.1) is 0 Å². The van der Waals surface area contributed by atoms with Crippen LogP contribution in [0.25, 0.3) is 0 Å². The van der Waals surface area contributed by atoms with Gasteiger partial charge in [-0.2, -0.15) is 0 Å². The molecule has 34 heavy (non-hydrogen) atoms. The third kappa shape index (κ3) is 126.